The summed E-state index contributed by atoms with van der Waals surface area (Å²) in [5, 5.41) is 2.15. The monoisotopic (exact) mass is 247 g/mol. The van der Waals surface area contributed by atoms with Gasteiger partial charge in [-0.3, -0.25) is 0 Å². The van der Waals surface area contributed by atoms with Crippen LogP contribution in [-0.4, -0.2) is 4.98 Å². The van der Waals surface area contributed by atoms with Gasteiger partial charge in [0.15, 0.2) is 0 Å². The Bertz CT molecular complexity index is 273. The summed E-state index contributed by atoms with van der Waals surface area (Å²) in [7, 11) is 0. The average molecular weight is 248 g/mol. The van der Waals surface area contributed by atoms with Gasteiger partial charge in [0.05, 0.1) is 10.7 Å². The van der Waals surface area contributed by atoms with E-state index in [2.05, 4.69) is 48.6 Å². The van der Waals surface area contributed by atoms with E-state index in [-0.39, 0.29) is 5.41 Å². The number of halogens is 1. The standard InChI is InChI=1S/C9H14BrNS/c1-6-7(5-10)12-8(11-6)9(2,3)4/h5H2,1-4H3. The van der Waals surface area contributed by atoms with E-state index in [1.165, 1.54) is 15.6 Å². The van der Waals surface area contributed by atoms with Crippen LogP contribution in [0.5, 0.6) is 0 Å². The van der Waals surface area contributed by atoms with Crippen molar-refractivity contribution >= 4 is 27.3 Å². The van der Waals surface area contributed by atoms with E-state index in [1.54, 1.807) is 0 Å². The summed E-state index contributed by atoms with van der Waals surface area (Å²) < 4.78 is 0. The highest BCUT2D eigenvalue weighted by molar-refractivity contribution is 9.08. The third-order valence-corrected chi connectivity index (χ3v) is 4.17. The number of rotatable bonds is 1. The summed E-state index contributed by atoms with van der Waals surface area (Å²) in [6, 6.07) is 0. The first-order valence-corrected chi connectivity index (χ1v) is 5.91. The van der Waals surface area contributed by atoms with Crippen LogP contribution in [0.4, 0.5) is 0 Å². The molecule has 68 valence electrons. The molecular formula is C9H14BrNS. The molecule has 3 heteroatoms. The van der Waals surface area contributed by atoms with Crippen LogP contribution in [0.3, 0.4) is 0 Å². The first-order valence-electron chi connectivity index (χ1n) is 3.98. The van der Waals surface area contributed by atoms with Crippen molar-refractivity contribution in [2.45, 2.75) is 38.4 Å². The van der Waals surface area contributed by atoms with Gasteiger partial charge >= 0.3 is 0 Å². The molecule has 1 rings (SSSR count). The molecule has 0 spiro atoms. The molecule has 0 aliphatic rings. The summed E-state index contributed by atoms with van der Waals surface area (Å²) in [5.74, 6) is 0. The average Bonchev–Trinajstić information content (AvgIpc) is 2.29. The van der Waals surface area contributed by atoms with Crippen LogP contribution in [0, 0.1) is 6.92 Å². The molecule has 1 heterocycles. The molecule has 12 heavy (non-hydrogen) atoms. The molecule has 0 bridgehead atoms. The zero-order valence-electron chi connectivity index (χ0n) is 7.94. The van der Waals surface area contributed by atoms with Crippen molar-refractivity contribution in [1.82, 2.24) is 4.98 Å². The lowest BCUT2D eigenvalue weighted by Crippen LogP contribution is -2.10. The third kappa shape index (κ3) is 2.07. The van der Waals surface area contributed by atoms with E-state index in [4.69, 9.17) is 0 Å². The second kappa shape index (κ2) is 3.46. The lowest BCUT2D eigenvalue weighted by molar-refractivity contribution is 0.584. The maximum absolute atomic E-state index is 4.54. The van der Waals surface area contributed by atoms with E-state index in [1.807, 2.05) is 11.3 Å². The normalized spacial score (nSPS) is 12.1. The molecule has 0 fully saturated rings. The maximum atomic E-state index is 4.54. The molecule has 0 aliphatic heterocycles. The van der Waals surface area contributed by atoms with Crippen LogP contribution >= 0.6 is 27.3 Å². The topological polar surface area (TPSA) is 12.9 Å². The first-order chi connectivity index (χ1) is 5.45. The fourth-order valence-electron chi connectivity index (χ4n) is 0.873. The molecule has 0 amide bonds. The minimum Gasteiger partial charge on any atom is -0.246 e. The summed E-state index contributed by atoms with van der Waals surface area (Å²) in [6.07, 6.45) is 0. The number of hydrogen-bond acceptors (Lipinski definition) is 2. The van der Waals surface area contributed by atoms with E-state index in [0.29, 0.717) is 0 Å². The highest BCUT2D eigenvalue weighted by Gasteiger charge is 2.19. The number of thiazole rings is 1. The predicted molar refractivity (Wildman–Crippen MR) is 58.2 cm³/mol. The smallest absolute Gasteiger partial charge is 0.0984 e. The van der Waals surface area contributed by atoms with Crippen LogP contribution in [0.15, 0.2) is 0 Å². The van der Waals surface area contributed by atoms with Gasteiger partial charge in [-0.25, -0.2) is 4.98 Å². The van der Waals surface area contributed by atoms with Gasteiger partial charge in [0.1, 0.15) is 0 Å². The summed E-state index contributed by atoms with van der Waals surface area (Å²) in [4.78, 5) is 5.89. The number of nitrogens with zero attached hydrogens (tertiary/aromatic N) is 1. The zero-order chi connectivity index (χ0) is 9.35. The second-order valence-electron chi connectivity index (χ2n) is 3.91. The van der Waals surface area contributed by atoms with Crippen molar-refractivity contribution in [3.8, 4) is 0 Å². The molecule has 1 nitrogen and oxygen atoms in total. The Hall–Kier alpha value is 0.110. The van der Waals surface area contributed by atoms with Gasteiger partial charge in [-0.2, -0.15) is 0 Å². The highest BCUT2D eigenvalue weighted by atomic mass is 79.9. The summed E-state index contributed by atoms with van der Waals surface area (Å²) in [5.41, 5.74) is 1.36. The van der Waals surface area contributed by atoms with Crippen LogP contribution in [0.2, 0.25) is 0 Å². The van der Waals surface area contributed by atoms with Gasteiger partial charge in [0, 0.05) is 15.6 Å². The maximum Gasteiger partial charge on any atom is 0.0984 e. The minimum atomic E-state index is 0.190. The number of alkyl halides is 1. The molecule has 0 aliphatic carbocycles. The lowest BCUT2D eigenvalue weighted by Gasteiger charge is -2.13. The molecule has 0 radical (unpaired) electrons. The number of hydrogen-bond donors (Lipinski definition) is 0. The summed E-state index contributed by atoms with van der Waals surface area (Å²) >= 11 is 5.27. The van der Waals surface area contributed by atoms with Gasteiger partial charge < -0.3 is 0 Å². The molecular weight excluding hydrogens is 234 g/mol. The highest BCUT2D eigenvalue weighted by Crippen LogP contribution is 2.29. The Kier molecular flexibility index (Phi) is 2.94. The number of aromatic nitrogens is 1. The Balaban J connectivity index is 3.05. The Labute approximate surface area is 86.3 Å². The van der Waals surface area contributed by atoms with Crippen molar-refractivity contribution in [2.75, 3.05) is 0 Å². The van der Waals surface area contributed by atoms with Crippen molar-refractivity contribution < 1.29 is 0 Å². The number of aryl methyl sites for hydroxylation is 1. The molecule has 0 N–H and O–H groups in total. The van der Waals surface area contributed by atoms with Crippen molar-refractivity contribution in [2.24, 2.45) is 0 Å². The molecule has 1 aromatic heterocycles. The van der Waals surface area contributed by atoms with Crippen molar-refractivity contribution in [1.29, 1.82) is 0 Å². The van der Waals surface area contributed by atoms with Crippen LogP contribution in [0.25, 0.3) is 0 Å². The van der Waals surface area contributed by atoms with Crippen LogP contribution < -0.4 is 0 Å². The fourth-order valence-corrected chi connectivity index (χ4v) is 2.59. The van der Waals surface area contributed by atoms with E-state index < -0.39 is 0 Å². The Morgan fingerprint density at radius 1 is 1.42 bits per heavy atom. The fraction of sp³-hybridized carbons (Fsp3) is 0.667. The predicted octanol–water partition coefficient (Wildman–Crippen LogP) is 3.64. The second-order valence-corrected chi connectivity index (χ2v) is 5.56. The SMILES string of the molecule is Cc1nc(C(C)(C)C)sc1CBr. The lowest BCUT2D eigenvalue weighted by atomic mass is 9.98. The van der Waals surface area contributed by atoms with E-state index in [9.17, 15) is 0 Å². The summed E-state index contributed by atoms with van der Waals surface area (Å²) in [6.45, 7) is 8.66. The zero-order valence-corrected chi connectivity index (χ0v) is 10.3. The first kappa shape index (κ1) is 10.2. The quantitative estimate of drug-likeness (QED) is 0.691. The molecule has 0 saturated carbocycles. The molecule has 0 aromatic carbocycles. The molecule has 0 atom stereocenters. The van der Waals surface area contributed by atoms with Gasteiger partial charge in [0.2, 0.25) is 0 Å². The Morgan fingerprint density at radius 3 is 2.25 bits per heavy atom. The minimum absolute atomic E-state index is 0.190. The van der Waals surface area contributed by atoms with Crippen LogP contribution in [0.1, 0.15) is 36.3 Å². The third-order valence-electron chi connectivity index (χ3n) is 1.66. The Morgan fingerprint density at radius 2 is 2.00 bits per heavy atom. The van der Waals surface area contributed by atoms with Gasteiger partial charge in [-0.1, -0.05) is 36.7 Å². The van der Waals surface area contributed by atoms with Gasteiger partial charge in [0.25, 0.3) is 0 Å². The van der Waals surface area contributed by atoms with Gasteiger partial charge in [-0.05, 0) is 6.92 Å². The van der Waals surface area contributed by atoms with Crippen LogP contribution in [-0.2, 0) is 10.7 Å². The van der Waals surface area contributed by atoms with Crippen molar-refractivity contribution in [3.05, 3.63) is 15.6 Å². The van der Waals surface area contributed by atoms with E-state index >= 15 is 0 Å². The van der Waals surface area contributed by atoms with Gasteiger partial charge in [-0.15, -0.1) is 11.3 Å². The molecule has 0 unspecified atom stereocenters. The van der Waals surface area contributed by atoms with Crippen molar-refractivity contribution in [3.63, 3.8) is 0 Å². The molecule has 0 saturated heterocycles. The largest absolute Gasteiger partial charge is 0.246 e. The molecule has 1 aromatic rings. The van der Waals surface area contributed by atoms with E-state index in [0.717, 1.165) is 5.33 Å².